The van der Waals surface area contributed by atoms with E-state index >= 15 is 0 Å². The molecule has 20 heavy (non-hydrogen) atoms. The van der Waals surface area contributed by atoms with Crippen molar-refractivity contribution in [3.63, 3.8) is 0 Å². The first-order chi connectivity index (χ1) is 9.54. The largest absolute Gasteiger partial charge is 0.409 e. The number of ether oxygens (including phenoxy) is 1. The van der Waals surface area contributed by atoms with Crippen LogP contribution in [0.1, 0.15) is 35.8 Å². The minimum Gasteiger partial charge on any atom is -0.409 e. The fraction of sp³-hybridized carbons (Fsp3) is 0.462. The third kappa shape index (κ3) is 3.24. The smallest absolute Gasteiger partial charge is 0.269 e. The van der Waals surface area contributed by atoms with E-state index in [0.29, 0.717) is 12.1 Å². The number of amidine groups is 1. The van der Waals surface area contributed by atoms with Gasteiger partial charge in [0.05, 0.1) is 5.60 Å². The third-order valence-corrected chi connectivity index (χ3v) is 3.32. The Hall–Kier alpha value is -2.15. The summed E-state index contributed by atoms with van der Waals surface area (Å²) in [5, 5.41) is 14.2. The van der Waals surface area contributed by atoms with Gasteiger partial charge in [-0.05, 0) is 31.9 Å². The molecule has 1 aliphatic rings. The number of hydrogen-bond donors (Lipinski definition) is 3. The van der Waals surface area contributed by atoms with Crippen LogP contribution in [-0.4, -0.2) is 40.7 Å². The monoisotopic (exact) mass is 278 g/mol. The van der Waals surface area contributed by atoms with Gasteiger partial charge in [-0.1, -0.05) is 5.16 Å². The van der Waals surface area contributed by atoms with Crippen molar-refractivity contribution < 1.29 is 14.7 Å². The zero-order valence-corrected chi connectivity index (χ0v) is 11.3. The van der Waals surface area contributed by atoms with Gasteiger partial charge in [-0.25, -0.2) is 0 Å². The van der Waals surface area contributed by atoms with Crippen molar-refractivity contribution >= 4 is 11.7 Å². The highest BCUT2D eigenvalue weighted by Gasteiger charge is 2.30. The fourth-order valence-electron chi connectivity index (χ4n) is 2.07. The second-order valence-electron chi connectivity index (χ2n) is 5.00. The lowest BCUT2D eigenvalue weighted by Gasteiger charge is -2.23. The van der Waals surface area contributed by atoms with E-state index in [4.69, 9.17) is 15.7 Å². The Morgan fingerprint density at radius 2 is 2.45 bits per heavy atom. The zero-order valence-electron chi connectivity index (χ0n) is 11.3. The van der Waals surface area contributed by atoms with E-state index in [9.17, 15) is 4.79 Å². The van der Waals surface area contributed by atoms with Crippen LogP contribution in [0.4, 0.5) is 0 Å². The highest BCUT2D eigenvalue weighted by molar-refractivity contribution is 5.98. The molecule has 4 N–H and O–H groups in total. The highest BCUT2D eigenvalue weighted by atomic mass is 16.5. The molecule has 1 fully saturated rings. The minimum absolute atomic E-state index is 0.0451. The number of hydrogen-bond acceptors (Lipinski definition) is 5. The summed E-state index contributed by atoms with van der Waals surface area (Å²) in [5.74, 6) is -0.316. The average Bonchev–Trinajstić information content (AvgIpc) is 2.91. The maximum Gasteiger partial charge on any atom is 0.269 e. The van der Waals surface area contributed by atoms with E-state index in [1.807, 2.05) is 6.92 Å². The number of amides is 1. The SMILES string of the molecule is CC1(CNC(=O)c2ccc(/C(N)=N/O)cn2)CCCO1. The van der Waals surface area contributed by atoms with E-state index in [1.54, 1.807) is 6.07 Å². The molecule has 2 heterocycles. The summed E-state index contributed by atoms with van der Waals surface area (Å²) in [6.07, 6.45) is 3.33. The van der Waals surface area contributed by atoms with Gasteiger partial charge in [0.1, 0.15) is 5.69 Å². The molecule has 108 valence electrons. The lowest BCUT2D eigenvalue weighted by Crippen LogP contribution is -2.40. The first kappa shape index (κ1) is 14.3. The second kappa shape index (κ2) is 5.87. The Morgan fingerprint density at radius 3 is 3.00 bits per heavy atom. The van der Waals surface area contributed by atoms with E-state index in [1.165, 1.54) is 12.3 Å². The van der Waals surface area contributed by atoms with Crippen LogP contribution in [0, 0.1) is 0 Å². The van der Waals surface area contributed by atoms with Gasteiger partial charge in [-0.2, -0.15) is 0 Å². The van der Waals surface area contributed by atoms with Crippen LogP contribution in [-0.2, 0) is 4.74 Å². The van der Waals surface area contributed by atoms with Crippen LogP contribution < -0.4 is 11.1 Å². The molecule has 0 aromatic carbocycles. The molecule has 7 nitrogen and oxygen atoms in total. The minimum atomic E-state index is -0.288. The lowest BCUT2D eigenvalue weighted by atomic mass is 10.0. The van der Waals surface area contributed by atoms with Gasteiger partial charge in [0.2, 0.25) is 0 Å². The lowest BCUT2D eigenvalue weighted by molar-refractivity contribution is 0.0205. The third-order valence-electron chi connectivity index (χ3n) is 3.32. The number of pyridine rings is 1. The molecule has 1 unspecified atom stereocenters. The first-order valence-electron chi connectivity index (χ1n) is 6.40. The van der Waals surface area contributed by atoms with Crippen molar-refractivity contribution in [2.75, 3.05) is 13.2 Å². The van der Waals surface area contributed by atoms with Crippen molar-refractivity contribution in [1.29, 1.82) is 0 Å². The molecule has 1 atom stereocenters. The average molecular weight is 278 g/mol. The Labute approximate surface area is 116 Å². The Balaban J connectivity index is 1.95. The molecule has 1 saturated heterocycles. The molecule has 2 rings (SSSR count). The van der Waals surface area contributed by atoms with E-state index < -0.39 is 0 Å². The maximum atomic E-state index is 12.0. The number of nitrogens with two attached hydrogens (primary N) is 1. The summed E-state index contributed by atoms with van der Waals surface area (Å²) < 4.78 is 5.60. The second-order valence-corrected chi connectivity index (χ2v) is 5.00. The number of rotatable bonds is 4. The number of nitrogens with one attached hydrogen (secondary N) is 1. The normalized spacial score (nSPS) is 22.8. The summed E-state index contributed by atoms with van der Waals surface area (Å²) in [5.41, 5.74) is 5.87. The number of carbonyl (C=O) groups is 1. The van der Waals surface area contributed by atoms with Crippen molar-refractivity contribution in [1.82, 2.24) is 10.3 Å². The first-order valence-corrected chi connectivity index (χ1v) is 6.40. The summed E-state index contributed by atoms with van der Waals surface area (Å²) in [7, 11) is 0. The Morgan fingerprint density at radius 1 is 1.65 bits per heavy atom. The summed E-state index contributed by atoms with van der Waals surface area (Å²) in [6.45, 7) is 3.17. The molecule has 1 aliphatic heterocycles. The van der Waals surface area contributed by atoms with E-state index in [2.05, 4.69) is 15.5 Å². The van der Waals surface area contributed by atoms with Crippen LogP contribution in [0.5, 0.6) is 0 Å². The van der Waals surface area contributed by atoms with Gasteiger partial charge in [-0.3, -0.25) is 9.78 Å². The van der Waals surface area contributed by atoms with Crippen LogP contribution in [0.2, 0.25) is 0 Å². The quantitative estimate of drug-likeness (QED) is 0.321. The van der Waals surface area contributed by atoms with E-state index in [0.717, 1.165) is 19.4 Å². The summed E-state index contributed by atoms with van der Waals surface area (Å²) >= 11 is 0. The van der Waals surface area contributed by atoms with Crippen LogP contribution in [0.25, 0.3) is 0 Å². The van der Waals surface area contributed by atoms with Gasteiger partial charge in [0, 0.05) is 24.9 Å². The van der Waals surface area contributed by atoms with Crippen molar-refractivity contribution in [3.8, 4) is 0 Å². The standard InChI is InChI=1S/C13H18N4O3/c1-13(5-2-6-20-13)8-16-12(18)10-4-3-9(7-15-10)11(14)17-19/h3-4,7,19H,2,5-6,8H2,1H3,(H2,14,17)(H,16,18). The number of carbonyl (C=O) groups excluding carboxylic acids is 1. The Bertz CT molecular complexity index is 507. The van der Waals surface area contributed by atoms with Gasteiger partial charge >= 0.3 is 0 Å². The van der Waals surface area contributed by atoms with Crippen LogP contribution in [0.15, 0.2) is 23.5 Å². The topological polar surface area (TPSA) is 110 Å². The molecular formula is C13H18N4O3. The zero-order chi connectivity index (χ0) is 14.6. The van der Waals surface area contributed by atoms with Gasteiger partial charge < -0.3 is 21.0 Å². The molecule has 0 bridgehead atoms. The maximum absolute atomic E-state index is 12.0. The Kier molecular flexibility index (Phi) is 4.19. The molecule has 0 aliphatic carbocycles. The predicted molar refractivity (Wildman–Crippen MR) is 72.7 cm³/mol. The number of aromatic nitrogens is 1. The number of nitrogens with zero attached hydrogens (tertiary/aromatic N) is 2. The summed E-state index contributed by atoms with van der Waals surface area (Å²) in [4.78, 5) is 15.9. The van der Waals surface area contributed by atoms with Crippen molar-refractivity contribution in [2.45, 2.75) is 25.4 Å². The molecule has 0 radical (unpaired) electrons. The van der Waals surface area contributed by atoms with Gasteiger partial charge in [0.25, 0.3) is 5.91 Å². The molecule has 0 spiro atoms. The van der Waals surface area contributed by atoms with Crippen LogP contribution in [0.3, 0.4) is 0 Å². The van der Waals surface area contributed by atoms with Gasteiger partial charge in [0.15, 0.2) is 5.84 Å². The highest BCUT2D eigenvalue weighted by Crippen LogP contribution is 2.23. The van der Waals surface area contributed by atoms with Gasteiger partial charge in [-0.15, -0.1) is 0 Å². The molecular weight excluding hydrogens is 260 g/mol. The fourth-order valence-corrected chi connectivity index (χ4v) is 2.07. The molecule has 1 aromatic heterocycles. The molecule has 1 amide bonds. The molecule has 7 heteroatoms. The van der Waals surface area contributed by atoms with E-state index in [-0.39, 0.29) is 23.0 Å². The molecule has 1 aromatic rings. The number of oxime groups is 1. The molecule has 0 saturated carbocycles. The van der Waals surface area contributed by atoms with Crippen molar-refractivity contribution in [3.05, 3.63) is 29.6 Å². The summed E-state index contributed by atoms with van der Waals surface area (Å²) in [6, 6.07) is 3.10. The predicted octanol–water partition coefficient (Wildman–Crippen LogP) is 0.475. The van der Waals surface area contributed by atoms with Crippen LogP contribution >= 0.6 is 0 Å². The van der Waals surface area contributed by atoms with Crippen molar-refractivity contribution in [2.24, 2.45) is 10.9 Å².